The van der Waals surface area contributed by atoms with Gasteiger partial charge in [0.15, 0.2) is 0 Å². The molecule has 124 valence electrons. The molecule has 0 heteroatoms. The molecule has 2 rings (SSSR count). The van der Waals surface area contributed by atoms with Gasteiger partial charge in [0.05, 0.1) is 0 Å². The summed E-state index contributed by atoms with van der Waals surface area (Å²) in [6.45, 7) is 14.9. The van der Waals surface area contributed by atoms with E-state index in [-0.39, 0.29) is 0 Å². The summed E-state index contributed by atoms with van der Waals surface area (Å²) in [5, 5.41) is 0. The van der Waals surface area contributed by atoms with Crippen LogP contribution in [0.15, 0.2) is 60.7 Å². The third kappa shape index (κ3) is 18.4. The molecule has 0 aliphatic rings. The fourth-order valence-corrected chi connectivity index (χ4v) is 1.65. The average molecular weight is 301 g/mol. The molecule has 0 saturated carbocycles. The van der Waals surface area contributed by atoms with Gasteiger partial charge in [-0.15, -0.1) is 0 Å². The molecule has 2 aromatic carbocycles. The lowest BCUT2D eigenvalue weighted by molar-refractivity contribution is 0.576. The Balaban J connectivity index is 0. The van der Waals surface area contributed by atoms with Crippen molar-refractivity contribution in [2.45, 2.75) is 61.3 Å². The van der Waals surface area contributed by atoms with Crippen molar-refractivity contribution < 1.29 is 0 Å². The molecule has 0 unspecified atom stereocenters. The Morgan fingerprint density at radius 3 is 1.09 bits per heavy atom. The largest absolute Gasteiger partial charge is 0.0683 e. The summed E-state index contributed by atoms with van der Waals surface area (Å²) < 4.78 is 0. The Labute approximate surface area is 139 Å². The van der Waals surface area contributed by atoms with Crippen LogP contribution in [0.5, 0.6) is 0 Å². The first kappa shape index (κ1) is 22.7. The summed E-state index contributed by atoms with van der Waals surface area (Å²) in [5.41, 5.74) is 2.64. The fraction of sp³-hybridized carbons (Fsp3) is 0.455. The van der Waals surface area contributed by atoms with Crippen LogP contribution >= 0.6 is 0 Å². The molecule has 0 saturated heterocycles. The van der Waals surface area contributed by atoms with Gasteiger partial charge in [0.25, 0.3) is 0 Å². The monoisotopic (exact) mass is 300 g/mol. The van der Waals surface area contributed by atoms with Crippen molar-refractivity contribution in [1.82, 2.24) is 0 Å². The molecule has 0 spiro atoms. The summed E-state index contributed by atoms with van der Waals surface area (Å²) in [6.07, 6.45) is 2.71. The van der Waals surface area contributed by atoms with Crippen LogP contribution in [0.25, 0.3) is 0 Å². The van der Waals surface area contributed by atoms with Gasteiger partial charge in [0.1, 0.15) is 0 Å². The molecule has 2 aromatic rings. The number of rotatable bonds is 2. The predicted octanol–water partition coefficient (Wildman–Crippen LogP) is 7.46. The van der Waals surface area contributed by atoms with Crippen molar-refractivity contribution in [3.63, 3.8) is 0 Å². The summed E-state index contributed by atoms with van der Waals surface area (Å²) in [7, 11) is 0. The third-order valence-electron chi connectivity index (χ3n) is 2.75. The minimum atomic E-state index is 0.898. The van der Waals surface area contributed by atoms with Gasteiger partial charge in [-0.3, -0.25) is 0 Å². The van der Waals surface area contributed by atoms with Gasteiger partial charge in [-0.1, -0.05) is 119 Å². The maximum absolute atomic E-state index is 2.25. The van der Waals surface area contributed by atoms with Crippen molar-refractivity contribution in [2.24, 2.45) is 5.92 Å². The highest BCUT2D eigenvalue weighted by molar-refractivity contribution is 5.12. The van der Waals surface area contributed by atoms with Crippen molar-refractivity contribution in [3.05, 3.63) is 71.8 Å². The van der Waals surface area contributed by atoms with Crippen molar-refractivity contribution in [3.8, 4) is 0 Å². The minimum absolute atomic E-state index is 0.898. The zero-order valence-corrected chi connectivity index (χ0v) is 15.8. The normalized spacial score (nSPS) is 8.55. The molecule has 22 heavy (non-hydrogen) atoms. The molecule has 0 nitrogen and oxygen atoms in total. The Kier molecular flexibility index (Phi) is 18.1. The van der Waals surface area contributed by atoms with Crippen molar-refractivity contribution >= 4 is 0 Å². The molecular formula is C22H36. The number of aryl methyl sites for hydroxylation is 2. The van der Waals surface area contributed by atoms with E-state index in [0.29, 0.717) is 0 Å². The van der Waals surface area contributed by atoms with Crippen LogP contribution in [-0.2, 0) is 0 Å². The highest BCUT2D eigenvalue weighted by Gasteiger charge is 1.85. The fourth-order valence-electron chi connectivity index (χ4n) is 1.65. The molecule has 0 aromatic heterocycles. The van der Waals surface area contributed by atoms with E-state index in [1.807, 2.05) is 50.2 Å². The van der Waals surface area contributed by atoms with E-state index in [4.69, 9.17) is 0 Å². The molecule has 0 aliphatic heterocycles. The molecule has 0 N–H and O–H groups in total. The van der Waals surface area contributed by atoms with E-state index in [0.717, 1.165) is 5.92 Å². The van der Waals surface area contributed by atoms with Gasteiger partial charge in [-0.2, -0.15) is 0 Å². The molecule has 0 amide bonds. The summed E-state index contributed by atoms with van der Waals surface area (Å²) in [6, 6.07) is 20.5. The summed E-state index contributed by atoms with van der Waals surface area (Å²) in [5.74, 6) is 0.898. The van der Waals surface area contributed by atoms with E-state index < -0.39 is 0 Å². The Bertz CT molecular complexity index is 363. The molecule has 0 bridgehead atoms. The zero-order chi connectivity index (χ0) is 17.2. The van der Waals surface area contributed by atoms with Crippen molar-refractivity contribution in [2.75, 3.05) is 0 Å². The Hall–Kier alpha value is -1.56. The van der Waals surface area contributed by atoms with Crippen LogP contribution in [-0.4, -0.2) is 0 Å². The topological polar surface area (TPSA) is 0 Å². The first-order chi connectivity index (χ1) is 10.6. The Morgan fingerprint density at radius 1 is 0.682 bits per heavy atom. The second kappa shape index (κ2) is 17.5. The van der Waals surface area contributed by atoms with Crippen LogP contribution in [0.1, 0.15) is 58.6 Å². The molecule has 0 aliphatic carbocycles. The highest BCUT2D eigenvalue weighted by Crippen LogP contribution is 2.00. The maximum Gasteiger partial charge on any atom is -0.0398 e. The number of benzene rings is 2. The molecule has 0 atom stereocenters. The second-order valence-corrected chi connectivity index (χ2v) is 5.49. The van der Waals surface area contributed by atoms with Gasteiger partial charge in [0.2, 0.25) is 0 Å². The smallest absolute Gasteiger partial charge is 0.0398 e. The maximum atomic E-state index is 2.25. The zero-order valence-electron chi connectivity index (χ0n) is 15.8. The molecule has 0 fully saturated rings. The lowest BCUT2D eigenvalue weighted by Gasteiger charge is -1.95. The summed E-state index contributed by atoms with van der Waals surface area (Å²) >= 11 is 0. The predicted molar refractivity (Wildman–Crippen MR) is 103 cm³/mol. The third-order valence-corrected chi connectivity index (χ3v) is 2.75. The summed E-state index contributed by atoms with van der Waals surface area (Å²) in [4.78, 5) is 0. The second-order valence-electron chi connectivity index (χ2n) is 5.49. The van der Waals surface area contributed by atoms with Gasteiger partial charge in [-0.05, 0) is 19.8 Å². The first-order valence-electron chi connectivity index (χ1n) is 8.59. The SMILES string of the molecule is CC.CCCC(C)C.Cc1ccccc1.Cc1ccccc1. The standard InChI is InChI=1S/2C7H8.C6H14.C2H6/c2*1-7-5-3-2-4-6-7;1-4-5-6(2)3;1-2/h2*2-6H,1H3;6H,4-5H2,1-3H3;1-2H3. The van der Waals surface area contributed by atoms with E-state index >= 15 is 0 Å². The van der Waals surface area contributed by atoms with Crippen LogP contribution in [0, 0.1) is 19.8 Å². The molecular weight excluding hydrogens is 264 g/mol. The number of hydrogen-bond acceptors (Lipinski definition) is 0. The lowest BCUT2D eigenvalue weighted by atomic mass is 10.1. The minimum Gasteiger partial charge on any atom is -0.0683 e. The highest BCUT2D eigenvalue weighted by atomic mass is 13.9. The number of hydrogen-bond donors (Lipinski definition) is 0. The van der Waals surface area contributed by atoms with E-state index in [2.05, 4.69) is 58.9 Å². The van der Waals surface area contributed by atoms with E-state index in [9.17, 15) is 0 Å². The first-order valence-corrected chi connectivity index (χ1v) is 8.59. The lowest BCUT2D eigenvalue weighted by Crippen LogP contribution is -1.81. The molecule has 0 heterocycles. The van der Waals surface area contributed by atoms with Crippen molar-refractivity contribution in [1.29, 1.82) is 0 Å². The van der Waals surface area contributed by atoms with Crippen LogP contribution in [0.4, 0.5) is 0 Å². The quantitative estimate of drug-likeness (QED) is 0.540. The molecule has 0 radical (unpaired) electrons. The van der Waals surface area contributed by atoms with Gasteiger partial charge < -0.3 is 0 Å². The van der Waals surface area contributed by atoms with Crippen LogP contribution < -0.4 is 0 Å². The van der Waals surface area contributed by atoms with E-state index in [1.54, 1.807) is 0 Å². The van der Waals surface area contributed by atoms with Crippen LogP contribution in [0.2, 0.25) is 0 Å². The Morgan fingerprint density at radius 2 is 1.00 bits per heavy atom. The van der Waals surface area contributed by atoms with Gasteiger partial charge in [0, 0.05) is 0 Å². The average Bonchev–Trinajstić information content (AvgIpc) is 2.52. The van der Waals surface area contributed by atoms with Gasteiger partial charge in [-0.25, -0.2) is 0 Å². The van der Waals surface area contributed by atoms with Gasteiger partial charge >= 0.3 is 0 Å². The van der Waals surface area contributed by atoms with E-state index in [1.165, 1.54) is 24.0 Å². The van der Waals surface area contributed by atoms with Crippen LogP contribution in [0.3, 0.4) is 0 Å².